The van der Waals surface area contributed by atoms with Crippen molar-refractivity contribution in [1.82, 2.24) is 10.3 Å². The number of carbonyl (C=O) groups excluding carboxylic acids is 2. The van der Waals surface area contributed by atoms with E-state index in [1.807, 2.05) is 0 Å². The first-order valence-corrected chi connectivity index (χ1v) is 8.13. The van der Waals surface area contributed by atoms with Crippen molar-refractivity contribution >= 4 is 29.6 Å². The lowest BCUT2D eigenvalue weighted by Gasteiger charge is -2.28. The fraction of sp³-hybridized carbons (Fsp3) is 0.278. The summed E-state index contributed by atoms with van der Waals surface area (Å²) < 4.78 is 10.9. The van der Waals surface area contributed by atoms with E-state index in [1.54, 1.807) is 51.2 Å². The Bertz CT molecular complexity index is 811. The Morgan fingerprint density at radius 2 is 2.04 bits per heavy atom. The molecule has 2 rings (SSSR count). The molecule has 0 saturated heterocycles. The smallest absolute Gasteiger partial charge is 0.251 e. The summed E-state index contributed by atoms with van der Waals surface area (Å²) in [6.07, 6.45) is 2.03. The zero-order chi connectivity index (χ0) is 19.3. The van der Waals surface area contributed by atoms with Gasteiger partial charge in [0.2, 0.25) is 12.3 Å². The maximum Gasteiger partial charge on any atom is 0.251 e. The third-order valence-electron chi connectivity index (χ3n) is 3.71. The van der Waals surface area contributed by atoms with E-state index in [9.17, 15) is 9.59 Å². The molecule has 0 atom stereocenters. The predicted molar refractivity (Wildman–Crippen MR) is 99.0 cm³/mol. The van der Waals surface area contributed by atoms with Crippen LogP contribution >= 0.6 is 11.6 Å². The summed E-state index contributed by atoms with van der Waals surface area (Å²) in [5, 5.41) is 2.97. The number of amides is 2. The number of halogens is 1. The van der Waals surface area contributed by atoms with Crippen molar-refractivity contribution in [3.63, 3.8) is 0 Å². The molecule has 0 fully saturated rings. The minimum Gasteiger partial charge on any atom is -0.495 e. The Labute approximate surface area is 156 Å². The van der Waals surface area contributed by atoms with Crippen LogP contribution in [-0.4, -0.2) is 37.0 Å². The van der Waals surface area contributed by atoms with Crippen LogP contribution in [0, 0.1) is 0 Å². The van der Waals surface area contributed by atoms with E-state index in [2.05, 4.69) is 10.3 Å². The lowest BCUT2D eigenvalue weighted by molar-refractivity contribution is -0.126. The topological polar surface area (TPSA) is 80.8 Å². The number of pyridine rings is 1. The number of aromatic nitrogens is 1. The highest BCUT2D eigenvalue weighted by molar-refractivity contribution is 6.32. The van der Waals surface area contributed by atoms with Crippen molar-refractivity contribution in [3.05, 3.63) is 41.6 Å². The van der Waals surface area contributed by atoms with Gasteiger partial charge >= 0.3 is 0 Å². The number of nitrogens with one attached hydrogen (secondary N) is 1. The maximum absolute atomic E-state index is 12.6. The van der Waals surface area contributed by atoms with Gasteiger partial charge in [-0.1, -0.05) is 11.6 Å². The largest absolute Gasteiger partial charge is 0.495 e. The molecule has 0 aliphatic heterocycles. The van der Waals surface area contributed by atoms with Crippen LogP contribution in [0.15, 0.2) is 36.5 Å². The monoisotopic (exact) mass is 377 g/mol. The van der Waals surface area contributed by atoms with E-state index >= 15 is 0 Å². The molecule has 26 heavy (non-hydrogen) atoms. The van der Waals surface area contributed by atoms with Gasteiger partial charge in [-0.15, -0.1) is 0 Å². The van der Waals surface area contributed by atoms with Crippen LogP contribution in [0.4, 0.5) is 5.69 Å². The van der Waals surface area contributed by atoms with Gasteiger partial charge < -0.3 is 19.7 Å². The van der Waals surface area contributed by atoms with E-state index in [1.165, 1.54) is 18.2 Å². The number of methoxy groups -OCH3 is 1. The Hall–Kier alpha value is -2.80. The third kappa shape index (κ3) is 4.43. The standard InChI is InChI=1S/C18H20ClN3O4/c1-18(2,21-11-23)17(24)22(3)12-7-8-20-16(9-12)26-13-5-6-14(19)15(10-13)25-4/h5-11H,1-4H3,(H,21,23). The first-order valence-electron chi connectivity index (χ1n) is 7.75. The van der Waals surface area contributed by atoms with Gasteiger partial charge in [-0.2, -0.15) is 0 Å². The fourth-order valence-electron chi connectivity index (χ4n) is 2.23. The van der Waals surface area contributed by atoms with E-state index < -0.39 is 5.54 Å². The zero-order valence-corrected chi connectivity index (χ0v) is 15.7. The number of likely N-dealkylation sites (N-methyl/N-ethyl adjacent to an activating group) is 1. The summed E-state index contributed by atoms with van der Waals surface area (Å²) in [5.41, 5.74) is -0.466. The molecule has 0 unspecified atom stereocenters. The van der Waals surface area contributed by atoms with Gasteiger partial charge in [-0.3, -0.25) is 9.59 Å². The first kappa shape index (κ1) is 19.5. The molecule has 0 aliphatic rings. The number of rotatable bonds is 7. The molecule has 1 heterocycles. The van der Waals surface area contributed by atoms with Crippen LogP contribution in [0.1, 0.15) is 13.8 Å². The molecule has 0 saturated carbocycles. The Kier molecular flexibility index (Phi) is 6.05. The van der Waals surface area contributed by atoms with Crippen molar-refractivity contribution in [1.29, 1.82) is 0 Å². The Balaban J connectivity index is 2.22. The van der Waals surface area contributed by atoms with Gasteiger partial charge in [0.1, 0.15) is 17.0 Å². The second-order valence-corrected chi connectivity index (χ2v) is 6.41. The number of ether oxygens (including phenoxy) is 2. The molecule has 1 aromatic carbocycles. The molecular weight excluding hydrogens is 358 g/mol. The maximum atomic E-state index is 12.6. The summed E-state index contributed by atoms with van der Waals surface area (Å²) in [7, 11) is 3.13. The number of anilines is 1. The molecule has 1 N–H and O–H groups in total. The average molecular weight is 378 g/mol. The van der Waals surface area contributed by atoms with Gasteiger partial charge in [-0.25, -0.2) is 4.98 Å². The lowest BCUT2D eigenvalue weighted by atomic mass is 10.0. The van der Waals surface area contributed by atoms with Crippen LogP contribution < -0.4 is 19.7 Å². The molecule has 0 bridgehead atoms. The van der Waals surface area contributed by atoms with Crippen LogP contribution in [0.3, 0.4) is 0 Å². The zero-order valence-electron chi connectivity index (χ0n) is 14.9. The summed E-state index contributed by atoms with van der Waals surface area (Å²) in [4.78, 5) is 28.8. The Morgan fingerprint density at radius 3 is 2.69 bits per heavy atom. The van der Waals surface area contributed by atoms with Crippen LogP contribution in [-0.2, 0) is 9.59 Å². The summed E-state index contributed by atoms with van der Waals surface area (Å²) in [6, 6.07) is 8.27. The van der Waals surface area contributed by atoms with Gasteiger partial charge in [0.25, 0.3) is 5.91 Å². The quantitative estimate of drug-likeness (QED) is 0.750. The van der Waals surface area contributed by atoms with Gasteiger partial charge in [0.15, 0.2) is 0 Å². The summed E-state index contributed by atoms with van der Waals surface area (Å²) in [6.45, 7) is 3.25. The molecule has 138 valence electrons. The van der Waals surface area contributed by atoms with Crippen molar-refractivity contribution in [2.75, 3.05) is 19.1 Å². The van der Waals surface area contributed by atoms with Crippen LogP contribution in [0.2, 0.25) is 5.02 Å². The number of nitrogens with zero attached hydrogens (tertiary/aromatic N) is 2. The second-order valence-electron chi connectivity index (χ2n) is 6.00. The summed E-state index contributed by atoms with van der Waals surface area (Å²) >= 11 is 6.00. The highest BCUT2D eigenvalue weighted by Crippen LogP contribution is 2.31. The van der Waals surface area contributed by atoms with E-state index in [0.717, 1.165) is 0 Å². The normalized spacial score (nSPS) is 10.8. The average Bonchev–Trinajstić information content (AvgIpc) is 2.62. The molecule has 0 aliphatic carbocycles. The minimum atomic E-state index is -1.04. The van der Waals surface area contributed by atoms with E-state index in [-0.39, 0.29) is 5.91 Å². The second kappa shape index (κ2) is 8.05. The van der Waals surface area contributed by atoms with Gasteiger partial charge in [-0.05, 0) is 32.0 Å². The SMILES string of the molecule is COc1cc(Oc2cc(N(C)C(=O)C(C)(C)NC=O)ccn2)ccc1Cl. The fourth-order valence-corrected chi connectivity index (χ4v) is 2.43. The van der Waals surface area contributed by atoms with E-state index in [4.69, 9.17) is 21.1 Å². The van der Waals surface area contributed by atoms with Gasteiger partial charge in [0, 0.05) is 25.4 Å². The number of hydrogen-bond donors (Lipinski definition) is 1. The molecule has 7 nitrogen and oxygen atoms in total. The van der Waals surface area contributed by atoms with Crippen molar-refractivity contribution in [2.45, 2.75) is 19.4 Å². The minimum absolute atomic E-state index is 0.282. The van der Waals surface area contributed by atoms with Crippen molar-refractivity contribution in [3.8, 4) is 17.4 Å². The first-order chi connectivity index (χ1) is 12.3. The molecule has 0 spiro atoms. The molecule has 8 heteroatoms. The highest BCUT2D eigenvalue weighted by Gasteiger charge is 2.30. The highest BCUT2D eigenvalue weighted by atomic mass is 35.5. The van der Waals surface area contributed by atoms with Crippen molar-refractivity contribution in [2.24, 2.45) is 0 Å². The van der Waals surface area contributed by atoms with E-state index in [0.29, 0.717) is 34.5 Å². The molecule has 2 amide bonds. The number of benzene rings is 1. The Morgan fingerprint density at radius 1 is 1.31 bits per heavy atom. The van der Waals surface area contributed by atoms with Gasteiger partial charge in [0.05, 0.1) is 17.8 Å². The van der Waals surface area contributed by atoms with Crippen LogP contribution in [0.25, 0.3) is 0 Å². The molecular formula is C18H20ClN3O4. The number of carbonyl (C=O) groups is 2. The molecule has 1 aromatic heterocycles. The van der Waals surface area contributed by atoms with Crippen molar-refractivity contribution < 1.29 is 19.1 Å². The molecule has 2 aromatic rings. The summed E-state index contributed by atoms with van der Waals surface area (Å²) in [5.74, 6) is 0.990. The van der Waals surface area contributed by atoms with Crippen LogP contribution in [0.5, 0.6) is 17.4 Å². The molecule has 0 radical (unpaired) electrons. The predicted octanol–water partition coefficient (Wildman–Crippen LogP) is 3.02. The lowest BCUT2D eigenvalue weighted by Crippen LogP contribution is -2.52. The number of hydrogen-bond acceptors (Lipinski definition) is 5. The third-order valence-corrected chi connectivity index (χ3v) is 4.02.